The Morgan fingerprint density at radius 1 is 1.24 bits per heavy atom. The van der Waals surface area contributed by atoms with Crippen molar-refractivity contribution in [1.29, 1.82) is 0 Å². The maximum Gasteiger partial charge on any atom is 0.251 e. The molecule has 0 saturated carbocycles. The first-order chi connectivity index (χ1) is 12.2. The second kappa shape index (κ2) is 10.5. The second-order valence-corrected chi connectivity index (χ2v) is 6.69. The van der Waals surface area contributed by atoms with Gasteiger partial charge in [0.2, 0.25) is 0 Å². The highest BCUT2D eigenvalue weighted by molar-refractivity contribution is 6.32. The number of halogens is 1. The number of carbonyl (C=O) groups is 1. The molecule has 1 fully saturated rings. The van der Waals surface area contributed by atoms with Crippen LogP contribution < -0.4 is 14.8 Å². The normalized spacial score (nSPS) is 15.5. The predicted octanol–water partition coefficient (Wildman–Crippen LogP) is 3.74. The lowest BCUT2D eigenvalue weighted by Gasteiger charge is -2.19. The maximum atomic E-state index is 12.4. The fourth-order valence-electron chi connectivity index (χ4n) is 3.10. The zero-order valence-corrected chi connectivity index (χ0v) is 16.0. The van der Waals surface area contributed by atoms with E-state index in [9.17, 15) is 4.79 Å². The standard InChI is InChI=1S/C19H29ClN2O3/c1-3-25-18-16(20)13-15(14-17(18)24-2)19(23)21-9-8-12-22-10-6-4-5-7-11-22/h13-14H,3-12H2,1-2H3,(H,21,23). The lowest BCUT2D eigenvalue weighted by molar-refractivity contribution is 0.0951. The molecule has 1 amide bonds. The Kier molecular flexibility index (Phi) is 8.35. The summed E-state index contributed by atoms with van der Waals surface area (Å²) in [7, 11) is 1.54. The number of rotatable bonds is 8. The molecule has 1 saturated heterocycles. The van der Waals surface area contributed by atoms with E-state index in [0.717, 1.165) is 13.0 Å². The van der Waals surface area contributed by atoms with Crippen LogP contribution in [-0.4, -0.2) is 50.7 Å². The van der Waals surface area contributed by atoms with Gasteiger partial charge in [-0.3, -0.25) is 4.79 Å². The number of hydrogen-bond donors (Lipinski definition) is 1. The summed E-state index contributed by atoms with van der Waals surface area (Å²) < 4.78 is 10.8. The lowest BCUT2D eigenvalue weighted by atomic mass is 10.2. The number of amides is 1. The molecule has 1 aliphatic rings. The molecule has 0 bridgehead atoms. The molecule has 0 radical (unpaired) electrons. The van der Waals surface area contributed by atoms with E-state index in [1.165, 1.54) is 45.9 Å². The van der Waals surface area contributed by atoms with E-state index in [1.54, 1.807) is 12.1 Å². The van der Waals surface area contributed by atoms with Crippen molar-refractivity contribution in [3.63, 3.8) is 0 Å². The van der Waals surface area contributed by atoms with Crippen molar-refractivity contribution in [2.45, 2.75) is 39.0 Å². The molecule has 1 aliphatic heterocycles. The van der Waals surface area contributed by atoms with Gasteiger partial charge < -0.3 is 19.7 Å². The predicted molar refractivity (Wildman–Crippen MR) is 101 cm³/mol. The Labute approximate surface area is 155 Å². The van der Waals surface area contributed by atoms with Crippen LogP contribution in [0.25, 0.3) is 0 Å². The molecule has 0 aromatic heterocycles. The number of carbonyl (C=O) groups excluding carboxylic acids is 1. The average molecular weight is 369 g/mol. The fourth-order valence-corrected chi connectivity index (χ4v) is 3.37. The molecule has 2 rings (SSSR count). The van der Waals surface area contributed by atoms with Crippen LogP contribution in [0.15, 0.2) is 12.1 Å². The number of benzene rings is 1. The Bertz CT molecular complexity index is 558. The summed E-state index contributed by atoms with van der Waals surface area (Å²) >= 11 is 6.22. The van der Waals surface area contributed by atoms with Crippen LogP contribution in [0.5, 0.6) is 11.5 Å². The number of nitrogens with zero attached hydrogens (tertiary/aromatic N) is 1. The van der Waals surface area contributed by atoms with Crippen LogP contribution in [0.2, 0.25) is 5.02 Å². The minimum absolute atomic E-state index is 0.140. The molecule has 0 aliphatic carbocycles. The molecule has 140 valence electrons. The van der Waals surface area contributed by atoms with Crippen LogP contribution in [-0.2, 0) is 0 Å². The SMILES string of the molecule is CCOc1c(Cl)cc(C(=O)NCCCN2CCCCCC2)cc1OC. The summed E-state index contributed by atoms with van der Waals surface area (Å²) in [6, 6.07) is 3.29. The van der Waals surface area contributed by atoms with Crippen molar-refractivity contribution in [3.05, 3.63) is 22.7 Å². The third kappa shape index (κ3) is 6.08. The van der Waals surface area contributed by atoms with Crippen LogP contribution in [0.3, 0.4) is 0 Å². The van der Waals surface area contributed by atoms with E-state index in [1.807, 2.05) is 6.92 Å². The molecule has 0 unspecified atom stereocenters. The molecule has 1 aromatic carbocycles. The molecular weight excluding hydrogens is 340 g/mol. The van der Waals surface area contributed by atoms with Gasteiger partial charge in [-0.25, -0.2) is 0 Å². The summed E-state index contributed by atoms with van der Waals surface area (Å²) in [6.07, 6.45) is 6.21. The minimum atomic E-state index is -0.140. The molecule has 1 aromatic rings. The highest BCUT2D eigenvalue weighted by Gasteiger charge is 2.15. The smallest absolute Gasteiger partial charge is 0.251 e. The van der Waals surface area contributed by atoms with Gasteiger partial charge in [0.15, 0.2) is 11.5 Å². The first-order valence-electron chi connectivity index (χ1n) is 9.16. The van der Waals surface area contributed by atoms with Gasteiger partial charge >= 0.3 is 0 Å². The molecule has 5 nitrogen and oxygen atoms in total. The Hall–Kier alpha value is -1.46. The van der Waals surface area contributed by atoms with E-state index in [4.69, 9.17) is 21.1 Å². The van der Waals surface area contributed by atoms with Crippen molar-refractivity contribution in [3.8, 4) is 11.5 Å². The molecule has 1 N–H and O–H groups in total. The van der Waals surface area contributed by atoms with E-state index in [-0.39, 0.29) is 5.91 Å². The average Bonchev–Trinajstić information content (AvgIpc) is 2.89. The number of ether oxygens (including phenoxy) is 2. The summed E-state index contributed by atoms with van der Waals surface area (Å²) in [5.41, 5.74) is 0.486. The van der Waals surface area contributed by atoms with Gasteiger partial charge in [0, 0.05) is 12.1 Å². The summed E-state index contributed by atoms with van der Waals surface area (Å²) in [4.78, 5) is 14.9. The van der Waals surface area contributed by atoms with Gasteiger partial charge in [-0.2, -0.15) is 0 Å². The van der Waals surface area contributed by atoms with Crippen molar-refractivity contribution in [2.24, 2.45) is 0 Å². The molecule has 25 heavy (non-hydrogen) atoms. The summed E-state index contributed by atoms with van der Waals surface area (Å²) in [5, 5.41) is 3.35. The van der Waals surface area contributed by atoms with E-state index >= 15 is 0 Å². The van der Waals surface area contributed by atoms with Gasteiger partial charge in [-0.15, -0.1) is 0 Å². The highest BCUT2D eigenvalue weighted by Crippen LogP contribution is 2.36. The van der Waals surface area contributed by atoms with Gasteiger partial charge in [0.05, 0.1) is 18.7 Å². The molecule has 0 atom stereocenters. The minimum Gasteiger partial charge on any atom is -0.493 e. The monoisotopic (exact) mass is 368 g/mol. The number of nitrogens with one attached hydrogen (secondary N) is 1. The molecule has 6 heteroatoms. The summed E-state index contributed by atoms with van der Waals surface area (Å²) in [5.74, 6) is 0.813. The second-order valence-electron chi connectivity index (χ2n) is 6.29. The van der Waals surface area contributed by atoms with E-state index in [2.05, 4.69) is 10.2 Å². The topological polar surface area (TPSA) is 50.8 Å². The van der Waals surface area contributed by atoms with Crippen LogP contribution in [0.4, 0.5) is 0 Å². The van der Waals surface area contributed by atoms with Gasteiger partial charge in [-0.1, -0.05) is 24.4 Å². The molecular formula is C19H29ClN2O3. The van der Waals surface area contributed by atoms with Crippen LogP contribution in [0, 0.1) is 0 Å². The number of methoxy groups -OCH3 is 1. The zero-order valence-electron chi connectivity index (χ0n) is 15.3. The van der Waals surface area contributed by atoms with Crippen molar-refractivity contribution in [2.75, 3.05) is 39.9 Å². The fraction of sp³-hybridized carbons (Fsp3) is 0.632. The van der Waals surface area contributed by atoms with Gasteiger partial charge in [0.1, 0.15) is 0 Å². The first kappa shape index (κ1) is 19.9. The third-order valence-corrected chi connectivity index (χ3v) is 4.70. The highest BCUT2D eigenvalue weighted by atomic mass is 35.5. The van der Waals surface area contributed by atoms with E-state index < -0.39 is 0 Å². The Balaban J connectivity index is 1.84. The lowest BCUT2D eigenvalue weighted by Crippen LogP contribution is -2.30. The Morgan fingerprint density at radius 2 is 1.96 bits per heavy atom. The molecule has 0 spiro atoms. The zero-order chi connectivity index (χ0) is 18.1. The van der Waals surface area contributed by atoms with Crippen LogP contribution >= 0.6 is 11.6 Å². The number of likely N-dealkylation sites (tertiary alicyclic amines) is 1. The summed E-state index contributed by atoms with van der Waals surface area (Å²) in [6.45, 7) is 6.41. The Morgan fingerprint density at radius 3 is 2.60 bits per heavy atom. The van der Waals surface area contributed by atoms with Gasteiger partial charge in [-0.05, 0) is 58.0 Å². The van der Waals surface area contributed by atoms with Crippen LogP contribution in [0.1, 0.15) is 49.4 Å². The van der Waals surface area contributed by atoms with Gasteiger partial charge in [0.25, 0.3) is 5.91 Å². The van der Waals surface area contributed by atoms with Crippen molar-refractivity contribution in [1.82, 2.24) is 10.2 Å². The van der Waals surface area contributed by atoms with Crippen molar-refractivity contribution >= 4 is 17.5 Å². The van der Waals surface area contributed by atoms with E-state index in [0.29, 0.717) is 35.2 Å². The number of hydrogen-bond acceptors (Lipinski definition) is 4. The third-order valence-electron chi connectivity index (χ3n) is 4.42. The quantitative estimate of drug-likeness (QED) is 0.710. The molecule has 1 heterocycles. The maximum absolute atomic E-state index is 12.4. The first-order valence-corrected chi connectivity index (χ1v) is 9.54. The largest absolute Gasteiger partial charge is 0.493 e. The van der Waals surface area contributed by atoms with Crippen molar-refractivity contribution < 1.29 is 14.3 Å².